The first-order valence-electron chi connectivity index (χ1n) is 7.62. The quantitative estimate of drug-likeness (QED) is 0.604. The Morgan fingerprint density at radius 1 is 1.05 bits per heavy atom. The molecule has 0 spiro atoms. The molecule has 0 rings (SSSR count). The summed E-state index contributed by atoms with van der Waals surface area (Å²) in [7, 11) is -0.408. The molecule has 2 N–H and O–H groups in total. The summed E-state index contributed by atoms with van der Waals surface area (Å²) in [5.41, 5.74) is 0.378. The van der Waals surface area contributed by atoms with Crippen LogP contribution in [0.5, 0.6) is 0 Å². The molecule has 3 heteroatoms. The van der Waals surface area contributed by atoms with Crippen LogP contribution in [-0.2, 0) is 0 Å². The molecule has 0 aliphatic carbocycles. The Bertz CT molecular complexity index is 218. The van der Waals surface area contributed by atoms with E-state index in [1.165, 1.54) is 31.4 Å². The van der Waals surface area contributed by atoms with Crippen molar-refractivity contribution in [2.45, 2.75) is 46.5 Å². The Morgan fingerprint density at radius 2 is 1.68 bits per heavy atom. The largest absolute Gasteiger partial charge is 0.396 e. The molecule has 0 aromatic rings. The minimum absolute atomic E-state index is 0.366. The maximum absolute atomic E-state index is 9.43. The Morgan fingerprint density at radius 3 is 2.16 bits per heavy atom. The van der Waals surface area contributed by atoms with E-state index in [-0.39, 0.29) is 0 Å². The van der Waals surface area contributed by atoms with Crippen molar-refractivity contribution < 1.29 is 5.11 Å². The predicted molar refractivity (Wildman–Crippen MR) is 91.6 cm³/mol. The normalized spacial score (nSPS) is 15.5. The topological polar surface area (TPSA) is 32.3 Å². The number of unbranched alkanes of at least 4 members (excludes halogenated alkanes) is 1. The van der Waals surface area contributed by atoms with Gasteiger partial charge in [-0.15, -0.1) is 0 Å². The van der Waals surface area contributed by atoms with Crippen LogP contribution in [0, 0.1) is 11.3 Å². The Balaban J connectivity index is 3.57. The first-order valence-corrected chi connectivity index (χ1v) is 10.6. The second-order valence-electron chi connectivity index (χ2n) is 7.87. The Labute approximate surface area is 123 Å². The van der Waals surface area contributed by atoms with Crippen LogP contribution in [0.1, 0.15) is 46.5 Å². The fourth-order valence-corrected chi connectivity index (χ4v) is 3.03. The predicted octanol–water partition coefficient (Wildman–Crippen LogP) is 3.49. The highest BCUT2D eigenvalue weighted by Gasteiger charge is 2.12. The van der Waals surface area contributed by atoms with Gasteiger partial charge in [-0.05, 0) is 68.2 Å². The molecule has 0 bridgehead atoms. The number of aliphatic hydroxyl groups excluding tert-OH is 1. The fourth-order valence-electron chi connectivity index (χ4n) is 1.99. The average Bonchev–Trinajstić information content (AvgIpc) is 2.24. The molecule has 0 saturated carbocycles. The van der Waals surface area contributed by atoms with Crippen molar-refractivity contribution in [2.75, 3.05) is 44.2 Å². The SMILES string of the molecule is CC(C)(C)CNCCCCC(CO)CCS(C)(C)C. The van der Waals surface area contributed by atoms with Gasteiger partial charge in [-0.3, -0.25) is 0 Å². The van der Waals surface area contributed by atoms with Crippen LogP contribution in [0.15, 0.2) is 0 Å². The zero-order chi connectivity index (χ0) is 14.9. The monoisotopic (exact) mass is 291 g/mol. The molecule has 0 aliphatic heterocycles. The number of rotatable bonds is 10. The number of hydrogen-bond acceptors (Lipinski definition) is 2. The summed E-state index contributed by atoms with van der Waals surface area (Å²) in [5.74, 6) is 1.81. The third-order valence-electron chi connectivity index (χ3n) is 3.27. The third-order valence-corrected chi connectivity index (χ3v) is 4.73. The van der Waals surface area contributed by atoms with Gasteiger partial charge in [0.25, 0.3) is 0 Å². The molecule has 0 fully saturated rings. The van der Waals surface area contributed by atoms with Gasteiger partial charge in [0.2, 0.25) is 0 Å². The minimum Gasteiger partial charge on any atom is -0.396 e. The molecule has 0 aromatic carbocycles. The lowest BCUT2D eigenvalue weighted by molar-refractivity contribution is 0.212. The van der Waals surface area contributed by atoms with Gasteiger partial charge in [-0.1, -0.05) is 27.2 Å². The van der Waals surface area contributed by atoms with Gasteiger partial charge in [0.1, 0.15) is 0 Å². The van der Waals surface area contributed by atoms with E-state index in [1.807, 2.05) is 0 Å². The summed E-state index contributed by atoms with van der Waals surface area (Å²) in [5, 5.41) is 12.9. The molecule has 0 radical (unpaired) electrons. The highest BCUT2D eigenvalue weighted by molar-refractivity contribution is 8.32. The van der Waals surface area contributed by atoms with Crippen LogP contribution in [0.2, 0.25) is 0 Å². The highest BCUT2D eigenvalue weighted by atomic mass is 32.3. The number of aliphatic hydroxyl groups is 1. The summed E-state index contributed by atoms with van der Waals surface area (Å²) < 4.78 is 0. The maximum atomic E-state index is 9.43. The second-order valence-corrected chi connectivity index (χ2v) is 12.5. The molecule has 0 heterocycles. The van der Waals surface area contributed by atoms with E-state index >= 15 is 0 Å². The lowest BCUT2D eigenvalue weighted by atomic mass is 9.97. The summed E-state index contributed by atoms with van der Waals surface area (Å²) in [6, 6.07) is 0. The molecule has 1 unspecified atom stereocenters. The van der Waals surface area contributed by atoms with Crippen LogP contribution in [0.25, 0.3) is 0 Å². The van der Waals surface area contributed by atoms with Crippen molar-refractivity contribution >= 4 is 10.0 Å². The second kappa shape index (κ2) is 9.25. The molecule has 118 valence electrons. The standard InChI is InChI=1S/C16H37NOS/c1-16(2,3)14-17-11-8-7-9-15(13-18)10-12-19(4,5)6/h15,17-18H,7-14H2,1-6H3. The van der Waals surface area contributed by atoms with E-state index in [0.717, 1.165) is 13.1 Å². The van der Waals surface area contributed by atoms with E-state index < -0.39 is 10.0 Å². The van der Waals surface area contributed by atoms with Crippen LogP contribution in [-0.4, -0.2) is 49.3 Å². The molecule has 2 nitrogen and oxygen atoms in total. The van der Waals surface area contributed by atoms with E-state index in [9.17, 15) is 5.11 Å². The fraction of sp³-hybridized carbons (Fsp3) is 1.00. The molecule has 19 heavy (non-hydrogen) atoms. The van der Waals surface area contributed by atoms with Crippen molar-refractivity contribution in [3.63, 3.8) is 0 Å². The van der Waals surface area contributed by atoms with Crippen LogP contribution < -0.4 is 5.32 Å². The Kier molecular flexibility index (Phi) is 9.38. The van der Waals surface area contributed by atoms with Crippen LogP contribution >= 0.6 is 10.0 Å². The van der Waals surface area contributed by atoms with E-state index in [2.05, 4.69) is 44.9 Å². The minimum atomic E-state index is -0.408. The summed E-state index contributed by atoms with van der Waals surface area (Å²) in [6.07, 6.45) is 11.9. The first kappa shape index (κ1) is 19.3. The van der Waals surface area contributed by atoms with Crippen molar-refractivity contribution in [1.82, 2.24) is 5.32 Å². The van der Waals surface area contributed by atoms with Gasteiger partial charge in [-0.2, -0.15) is 0 Å². The van der Waals surface area contributed by atoms with Crippen molar-refractivity contribution in [2.24, 2.45) is 11.3 Å². The maximum Gasteiger partial charge on any atom is 0.0459 e. The van der Waals surface area contributed by atoms with E-state index in [4.69, 9.17) is 0 Å². The van der Waals surface area contributed by atoms with Gasteiger partial charge < -0.3 is 10.4 Å². The molecule has 0 aliphatic rings. The van der Waals surface area contributed by atoms with Crippen molar-refractivity contribution in [1.29, 1.82) is 0 Å². The molecule has 0 saturated heterocycles. The molecule has 0 amide bonds. The average molecular weight is 292 g/mol. The molecular weight excluding hydrogens is 254 g/mol. The summed E-state index contributed by atoms with van der Waals surface area (Å²) in [6.45, 7) is 9.35. The van der Waals surface area contributed by atoms with Gasteiger partial charge in [-0.25, -0.2) is 10.0 Å². The van der Waals surface area contributed by atoms with Gasteiger partial charge >= 0.3 is 0 Å². The smallest absolute Gasteiger partial charge is 0.0459 e. The number of hydrogen-bond donors (Lipinski definition) is 2. The van der Waals surface area contributed by atoms with Gasteiger partial charge in [0.15, 0.2) is 0 Å². The molecule has 1 atom stereocenters. The van der Waals surface area contributed by atoms with E-state index in [0.29, 0.717) is 17.9 Å². The third kappa shape index (κ3) is 14.5. The van der Waals surface area contributed by atoms with Crippen LogP contribution in [0.3, 0.4) is 0 Å². The van der Waals surface area contributed by atoms with Crippen molar-refractivity contribution in [3.05, 3.63) is 0 Å². The summed E-state index contributed by atoms with van der Waals surface area (Å²) in [4.78, 5) is 0. The number of nitrogens with one attached hydrogen (secondary N) is 1. The highest BCUT2D eigenvalue weighted by Crippen LogP contribution is 2.36. The Hall–Kier alpha value is 0.270. The zero-order valence-electron chi connectivity index (χ0n) is 14.1. The van der Waals surface area contributed by atoms with Crippen molar-refractivity contribution in [3.8, 4) is 0 Å². The van der Waals surface area contributed by atoms with Gasteiger partial charge in [0, 0.05) is 6.61 Å². The summed E-state index contributed by atoms with van der Waals surface area (Å²) >= 11 is 0. The first-order chi connectivity index (χ1) is 8.64. The van der Waals surface area contributed by atoms with Gasteiger partial charge in [0.05, 0.1) is 0 Å². The zero-order valence-corrected chi connectivity index (χ0v) is 14.9. The lowest BCUT2D eigenvalue weighted by Gasteiger charge is -2.27. The molecular formula is C16H37NOS. The van der Waals surface area contributed by atoms with E-state index in [1.54, 1.807) is 0 Å². The van der Waals surface area contributed by atoms with Crippen LogP contribution in [0.4, 0.5) is 0 Å². The molecule has 0 aromatic heterocycles. The lowest BCUT2D eigenvalue weighted by Crippen LogP contribution is -2.27.